The van der Waals surface area contributed by atoms with E-state index in [1.54, 1.807) is 18.7 Å². The van der Waals surface area contributed by atoms with Crippen LogP contribution >= 0.6 is 0 Å². The van der Waals surface area contributed by atoms with Gasteiger partial charge in [0.2, 0.25) is 0 Å². The number of aryl methyl sites for hydroxylation is 1. The minimum atomic E-state index is -0.982. The summed E-state index contributed by atoms with van der Waals surface area (Å²) in [7, 11) is 0. The largest absolute Gasteiger partial charge is 0.465 e. The van der Waals surface area contributed by atoms with Crippen molar-refractivity contribution >= 4 is 28.2 Å². The van der Waals surface area contributed by atoms with E-state index in [4.69, 9.17) is 5.11 Å². The van der Waals surface area contributed by atoms with Crippen molar-refractivity contribution in [1.82, 2.24) is 24.8 Å². The Bertz CT molecular complexity index is 783. The quantitative estimate of drug-likeness (QED) is 0.700. The number of hydrogen-bond acceptors (Lipinski definition) is 4. The van der Waals surface area contributed by atoms with E-state index in [9.17, 15) is 4.79 Å². The number of amides is 1. The lowest BCUT2D eigenvalue weighted by Gasteiger charge is -2.06. The third kappa shape index (κ3) is 2.76. The molecule has 3 aromatic heterocycles. The van der Waals surface area contributed by atoms with Gasteiger partial charge in [-0.2, -0.15) is 0 Å². The van der Waals surface area contributed by atoms with Crippen LogP contribution in [0, 0.1) is 0 Å². The summed E-state index contributed by atoms with van der Waals surface area (Å²) in [6, 6.07) is 3.79. The highest BCUT2D eigenvalue weighted by Gasteiger charge is 2.08. The minimum Gasteiger partial charge on any atom is -0.465 e. The highest BCUT2D eigenvalue weighted by atomic mass is 16.4. The van der Waals surface area contributed by atoms with Crippen LogP contribution in [0.1, 0.15) is 12.8 Å². The van der Waals surface area contributed by atoms with Gasteiger partial charge >= 0.3 is 6.09 Å². The zero-order chi connectivity index (χ0) is 14.7. The molecule has 1 amide bonds. The number of pyridine rings is 2. The van der Waals surface area contributed by atoms with Crippen molar-refractivity contribution in [2.75, 3.05) is 6.54 Å². The second-order valence-electron chi connectivity index (χ2n) is 4.74. The van der Waals surface area contributed by atoms with Crippen LogP contribution in [0.4, 0.5) is 4.79 Å². The number of imidazole rings is 1. The molecule has 0 unspecified atom stereocenters. The Kier molecular flexibility index (Phi) is 3.63. The summed E-state index contributed by atoms with van der Waals surface area (Å²) in [5, 5.41) is 10.9. The van der Waals surface area contributed by atoms with Gasteiger partial charge in [0.15, 0.2) is 0 Å². The van der Waals surface area contributed by atoms with Gasteiger partial charge in [-0.15, -0.1) is 0 Å². The smallest absolute Gasteiger partial charge is 0.404 e. The van der Waals surface area contributed by atoms with E-state index in [0.29, 0.717) is 6.54 Å². The SMILES string of the molecule is O=C(O)NCCCCn1cnc2cnc3cccnc3c21. The zero-order valence-corrected chi connectivity index (χ0v) is 11.4. The number of unbranched alkanes of at least 4 members (excludes halogenated alkanes) is 1. The lowest BCUT2D eigenvalue weighted by atomic mass is 10.2. The number of fused-ring (bicyclic) bond motifs is 3. The summed E-state index contributed by atoms with van der Waals surface area (Å²) in [5.41, 5.74) is 3.49. The second kappa shape index (κ2) is 5.74. The molecule has 0 atom stereocenters. The standard InChI is InChI=1S/C14H15N5O2/c20-14(21)16-5-1-2-7-19-9-18-11-8-17-10-4-3-6-15-12(10)13(11)19/h3-4,6,8-9,16H,1-2,5,7H2,(H,20,21). The van der Waals surface area contributed by atoms with Gasteiger partial charge in [-0.1, -0.05) is 0 Å². The average Bonchev–Trinajstić information content (AvgIpc) is 2.90. The van der Waals surface area contributed by atoms with Crippen molar-refractivity contribution < 1.29 is 9.90 Å². The molecule has 3 heterocycles. The topological polar surface area (TPSA) is 92.9 Å². The number of nitrogens with one attached hydrogen (secondary N) is 1. The molecule has 7 heteroatoms. The monoisotopic (exact) mass is 285 g/mol. The molecular weight excluding hydrogens is 270 g/mol. The number of nitrogens with zero attached hydrogens (tertiary/aromatic N) is 4. The molecule has 0 saturated heterocycles. The number of carboxylic acid groups (broad SMARTS) is 1. The first-order chi connectivity index (χ1) is 10.3. The molecule has 0 fully saturated rings. The van der Waals surface area contributed by atoms with Crippen LogP contribution in [0.2, 0.25) is 0 Å². The Morgan fingerprint density at radius 2 is 2.14 bits per heavy atom. The fraction of sp³-hybridized carbons (Fsp3) is 0.286. The van der Waals surface area contributed by atoms with Crippen molar-refractivity contribution in [3.05, 3.63) is 30.9 Å². The molecule has 0 saturated carbocycles. The molecule has 21 heavy (non-hydrogen) atoms. The minimum absolute atomic E-state index is 0.461. The maximum Gasteiger partial charge on any atom is 0.404 e. The molecule has 0 aliphatic heterocycles. The maximum absolute atomic E-state index is 10.4. The molecule has 0 spiro atoms. The molecule has 3 aromatic rings. The summed E-state index contributed by atoms with van der Waals surface area (Å²) < 4.78 is 2.05. The fourth-order valence-electron chi connectivity index (χ4n) is 2.34. The van der Waals surface area contributed by atoms with Gasteiger partial charge in [0, 0.05) is 19.3 Å². The van der Waals surface area contributed by atoms with Gasteiger partial charge in [-0.25, -0.2) is 9.78 Å². The molecule has 108 valence electrons. The van der Waals surface area contributed by atoms with Crippen LogP contribution in [-0.2, 0) is 6.54 Å². The molecule has 0 bridgehead atoms. The number of aromatic nitrogens is 4. The van der Waals surface area contributed by atoms with E-state index in [0.717, 1.165) is 41.5 Å². The van der Waals surface area contributed by atoms with Crippen molar-refractivity contribution in [2.45, 2.75) is 19.4 Å². The van der Waals surface area contributed by atoms with E-state index in [2.05, 4.69) is 20.3 Å². The molecule has 7 nitrogen and oxygen atoms in total. The van der Waals surface area contributed by atoms with Gasteiger partial charge in [0.05, 0.1) is 23.6 Å². The Morgan fingerprint density at radius 1 is 1.24 bits per heavy atom. The predicted octanol–water partition coefficient (Wildman–Crippen LogP) is 2.03. The summed E-state index contributed by atoms with van der Waals surface area (Å²) in [6.45, 7) is 1.23. The first-order valence-electron chi connectivity index (χ1n) is 6.77. The third-order valence-corrected chi connectivity index (χ3v) is 3.30. The van der Waals surface area contributed by atoms with Crippen molar-refractivity contribution in [3.63, 3.8) is 0 Å². The maximum atomic E-state index is 10.4. The van der Waals surface area contributed by atoms with E-state index in [-0.39, 0.29) is 0 Å². The van der Waals surface area contributed by atoms with Crippen LogP contribution in [0.5, 0.6) is 0 Å². The number of hydrogen-bond donors (Lipinski definition) is 2. The van der Waals surface area contributed by atoms with Crippen LogP contribution in [0.15, 0.2) is 30.9 Å². The molecule has 3 rings (SSSR count). The Labute approximate surface area is 120 Å². The van der Waals surface area contributed by atoms with Crippen LogP contribution in [0.25, 0.3) is 22.1 Å². The van der Waals surface area contributed by atoms with Crippen molar-refractivity contribution in [1.29, 1.82) is 0 Å². The normalized spacial score (nSPS) is 11.0. The van der Waals surface area contributed by atoms with E-state index in [1.807, 2.05) is 16.7 Å². The summed E-state index contributed by atoms with van der Waals surface area (Å²) in [4.78, 5) is 23.5. The van der Waals surface area contributed by atoms with E-state index < -0.39 is 6.09 Å². The zero-order valence-electron chi connectivity index (χ0n) is 11.4. The fourth-order valence-corrected chi connectivity index (χ4v) is 2.34. The molecule has 0 aliphatic rings. The summed E-state index contributed by atoms with van der Waals surface area (Å²) >= 11 is 0. The first kappa shape index (κ1) is 13.3. The molecule has 0 aromatic carbocycles. The highest BCUT2D eigenvalue weighted by Crippen LogP contribution is 2.20. The lowest BCUT2D eigenvalue weighted by Crippen LogP contribution is -2.21. The van der Waals surface area contributed by atoms with Crippen LogP contribution in [0.3, 0.4) is 0 Å². The summed E-state index contributed by atoms with van der Waals surface area (Å²) in [6.07, 6.45) is 5.94. The Morgan fingerprint density at radius 3 is 3.00 bits per heavy atom. The highest BCUT2D eigenvalue weighted by molar-refractivity contribution is 5.99. The van der Waals surface area contributed by atoms with E-state index >= 15 is 0 Å². The molecule has 2 N–H and O–H groups in total. The van der Waals surface area contributed by atoms with Gasteiger partial charge < -0.3 is 15.0 Å². The van der Waals surface area contributed by atoms with Crippen LogP contribution < -0.4 is 5.32 Å². The third-order valence-electron chi connectivity index (χ3n) is 3.30. The molecule has 0 aliphatic carbocycles. The second-order valence-corrected chi connectivity index (χ2v) is 4.74. The van der Waals surface area contributed by atoms with E-state index in [1.165, 1.54) is 0 Å². The lowest BCUT2D eigenvalue weighted by molar-refractivity contribution is 0.194. The molecular formula is C14H15N5O2. The van der Waals surface area contributed by atoms with Gasteiger partial charge in [0.25, 0.3) is 0 Å². The number of carbonyl (C=O) groups is 1. The van der Waals surface area contributed by atoms with Gasteiger partial charge in [-0.05, 0) is 25.0 Å². The van der Waals surface area contributed by atoms with Gasteiger partial charge in [0.1, 0.15) is 11.0 Å². The Balaban J connectivity index is 1.79. The van der Waals surface area contributed by atoms with Gasteiger partial charge in [-0.3, -0.25) is 9.97 Å². The average molecular weight is 285 g/mol. The molecule has 0 radical (unpaired) electrons. The number of rotatable bonds is 5. The van der Waals surface area contributed by atoms with Crippen molar-refractivity contribution in [3.8, 4) is 0 Å². The van der Waals surface area contributed by atoms with Crippen molar-refractivity contribution in [2.24, 2.45) is 0 Å². The van der Waals surface area contributed by atoms with Crippen LogP contribution in [-0.4, -0.2) is 37.3 Å². The summed E-state index contributed by atoms with van der Waals surface area (Å²) in [5.74, 6) is 0. The predicted molar refractivity (Wildman–Crippen MR) is 78.1 cm³/mol. The Hall–Kier alpha value is -2.70. The first-order valence-corrected chi connectivity index (χ1v) is 6.77.